The Balaban J connectivity index is 1.97. The molecule has 2 heterocycles. The van der Waals surface area contributed by atoms with Crippen LogP contribution in [0.4, 0.5) is 0 Å². The number of aliphatic imine (C=N–C) groups is 1. The summed E-state index contributed by atoms with van der Waals surface area (Å²) < 4.78 is 11.0. The van der Waals surface area contributed by atoms with Gasteiger partial charge in [0.2, 0.25) is 0 Å². The van der Waals surface area contributed by atoms with Gasteiger partial charge in [0.25, 0.3) is 0 Å². The molecule has 0 amide bonds. The molecule has 6 heteroatoms. The maximum absolute atomic E-state index is 5.55. The molecule has 0 atom stereocenters. The summed E-state index contributed by atoms with van der Waals surface area (Å²) in [4.78, 5) is 4.62. The first-order chi connectivity index (χ1) is 12.1. The van der Waals surface area contributed by atoms with Crippen molar-refractivity contribution in [1.82, 2.24) is 15.8 Å². The monoisotopic (exact) mass is 346 g/mol. The summed E-state index contributed by atoms with van der Waals surface area (Å²) in [6.07, 6.45) is 2.15. The van der Waals surface area contributed by atoms with Crippen molar-refractivity contribution >= 4 is 5.96 Å². The number of guanidine groups is 1. The number of rotatable bonds is 8. The lowest BCUT2D eigenvalue weighted by Gasteiger charge is -2.09. The van der Waals surface area contributed by atoms with E-state index < -0.39 is 0 Å². The third kappa shape index (κ3) is 5.37. The van der Waals surface area contributed by atoms with Gasteiger partial charge in [-0.05, 0) is 39.7 Å². The molecule has 2 N–H and O–H groups in total. The second-order valence-corrected chi connectivity index (χ2v) is 6.22. The first kappa shape index (κ1) is 19.1. The van der Waals surface area contributed by atoms with E-state index >= 15 is 0 Å². The lowest BCUT2D eigenvalue weighted by Crippen LogP contribution is -2.36. The summed E-state index contributed by atoms with van der Waals surface area (Å²) in [5.74, 6) is 3.87. The molecule has 2 aromatic rings. The van der Waals surface area contributed by atoms with Crippen LogP contribution in [0.25, 0.3) is 0 Å². The highest BCUT2D eigenvalue weighted by Gasteiger charge is 2.13. The second kappa shape index (κ2) is 9.30. The second-order valence-electron chi connectivity index (χ2n) is 6.22. The number of furan rings is 1. The summed E-state index contributed by atoms with van der Waals surface area (Å²) in [7, 11) is 0. The van der Waals surface area contributed by atoms with Crippen molar-refractivity contribution in [2.24, 2.45) is 4.99 Å². The van der Waals surface area contributed by atoms with Gasteiger partial charge in [-0.1, -0.05) is 19.0 Å². The minimum absolute atomic E-state index is 0.465. The lowest BCUT2D eigenvalue weighted by atomic mass is 9.99. The third-order valence-corrected chi connectivity index (χ3v) is 4.31. The largest absolute Gasteiger partial charge is 0.466 e. The van der Waals surface area contributed by atoms with Crippen LogP contribution in [0.2, 0.25) is 0 Å². The van der Waals surface area contributed by atoms with Gasteiger partial charge in [0.05, 0.1) is 18.8 Å². The highest BCUT2D eigenvalue weighted by atomic mass is 16.5. The van der Waals surface area contributed by atoms with Crippen molar-refractivity contribution in [1.29, 1.82) is 0 Å². The van der Waals surface area contributed by atoms with E-state index in [1.807, 2.05) is 32.9 Å². The van der Waals surface area contributed by atoms with Crippen molar-refractivity contribution in [3.05, 3.63) is 40.7 Å². The van der Waals surface area contributed by atoms with E-state index in [2.05, 4.69) is 34.6 Å². The molecule has 0 aliphatic carbocycles. The minimum atomic E-state index is 0.465. The Morgan fingerprint density at radius 3 is 2.52 bits per heavy atom. The molecule has 0 fully saturated rings. The zero-order chi connectivity index (χ0) is 18.2. The predicted octanol–water partition coefficient (Wildman–Crippen LogP) is 4.04. The number of nitrogens with one attached hydrogen (secondary N) is 2. The Bertz CT molecular complexity index is 683. The summed E-state index contributed by atoms with van der Waals surface area (Å²) in [6, 6.07) is 4.07. The van der Waals surface area contributed by atoms with Crippen LogP contribution in [0.5, 0.6) is 0 Å². The van der Waals surface area contributed by atoms with Crippen molar-refractivity contribution in [3.63, 3.8) is 0 Å². The molecule has 138 valence electrons. The molecule has 0 bridgehead atoms. The number of aryl methyl sites for hydroxylation is 2. The third-order valence-electron chi connectivity index (χ3n) is 4.31. The predicted molar refractivity (Wildman–Crippen MR) is 99.7 cm³/mol. The van der Waals surface area contributed by atoms with Gasteiger partial charge >= 0.3 is 0 Å². The summed E-state index contributed by atoms with van der Waals surface area (Å²) >= 11 is 0. The fraction of sp³-hybridized carbons (Fsp3) is 0.579. The molecule has 0 aromatic carbocycles. The zero-order valence-electron chi connectivity index (χ0n) is 16.0. The molecule has 0 aliphatic rings. The van der Waals surface area contributed by atoms with Gasteiger partial charge < -0.3 is 19.6 Å². The van der Waals surface area contributed by atoms with Crippen molar-refractivity contribution in [3.8, 4) is 0 Å². The quantitative estimate of drug-likeness (QED) is 0.557. The Hall–Kier alpha value is -2.24. The molecule has 0 unspecified atom stereocenters. The lowest BCUT2D eigenvalue weighted by molar-refractivity contribution is 0.368. The molecule has 0 aliphatic heterocycles. The van der Waals surface area contributed by atoms with Crippen LogP contribution in [0.1, 0.15) is 68.1 Å². The van der Waals surface area contributed by atoms with Crippen LogP contribution < -0.4 is 10.6 Å². The average Bonchev–Trinajstić information content (AvgIpc) is 3.18. The topological polar surface area (TPSA) is 75.6 Å². The number of nitrogens with zero attached hydrogens (tertiary/aromatic N) is 2. The molecule has 25 heavy (non-hydrogen) atoms. The van der Waals surface area contributed by atoms with E-state index in [9.17, 15) is 0 Å². The molecule has 2 aromatic heterocycles. The molecular formula is C19H30N4O2. The SMILES string of the molecule is CCNC(=NCc1cc(C)oc1C)NCc1cc(C(CC)CC)no1. The molecule has 0 radical (unpaired) electrons. The maximum Gasteiger partial charge on any atom is 0.191 e. The minimum Gasteiger partial charge on any atom is -0.466 e. The Morgan fingerprint density at radius 1 is 1.16 bits per heavy atom. The van der Waals surface area contributed by atoms with Crippen LogP contribution in [0.15, 0.2) is 26.1 Å². The summed E-state index contributed by atoms with van der Waals surface area (Å²) in [5.41, 5.74) is 2.14. The smallest absolute Gasteiger partial charge is 0.191 e. The van der Waals surface area contributed by atoms with E-state index in [4.69, 9.17) is 8.94 Å². The first-order valence-corrected chi connectivity index (χ1v) is 9.10. The molecule has 0 saturated heterocycles. The number of hydrogen-bond donors (Lipinski definition) is 2. The number of aromatic nitrogens is 1. The van der Waals surface area contributed by atoms with E-state index in [0.29, 0.717) is 19.0 Å². The van der Waals surface area contributed by atoms with E-state index in [1.54, 1.807) is 0 Å². The maximum atomic E-state index is 5.55. The van der Waals surface area contributed by atoms with Gasteiger partial charge in [0, 0.05) is 24.1 Å². The van der Waals surface area contributed by atoms with Gasteiger partial charge in [-0.25, -0.2) is 4.99 Å². The molecule has 6 nitrogen and oxygen atoms in total. The van der Waals surface area contributed by atoms with Crippen LogP contribution in [0.3, 0.4) is 0 Å². The zero-order valence-corrected chi connectivity index (χ0v) is 16.0. The van der Waals surface area contributed by atoms with Crippen molar-refractivity contribution in [2.45, 2.75) is 66.5 Å². The van der Waals surface area contributed by atoms with Crippen molar-refractivity contribution in [2.75, 3.05) is 6.54 Å². The standard InChI is InChI=1S/C19H30N4O2/c1-6-15(7-2)18-10-17(25-23-18)12-22-19(20-8-3)21-11-16-9-13(4)24-14(16)5/h9-10,15H,6-8,11-12H2,1-5H3,(H2,20,21,22). The van der Waals surface area contributed by atoms with E-state index in [-0.39, 0.29) is 0 Å². The molecule has 0 spiro atoms. The number of hydrogen-bond acceptors (Lipinski definition) is 4. The van der Waals surface area contributed by atoms with Crippen LogP contribution >= 0.6 is 0 Å². The molecule has 2 rings (SSSR count). The summed E-state index contributed by atoms with van der Waals surface area (Å²) in [6.45, 7) is 12.2. The van der Waals surface area contributed by atoms with Crippen LogP contribution in [-0.2, 0) is 13.1 Å². The van der Waals surface area contributed by atoms with Gasteiger partial charge in [0.1, 0.15) is 11.5 Å². The Kier molecular flexibility index (Phi) is 7.10. The molecular weight excluding hydrogens is 316 g/mol. The van der Waals surface area contributed by atoms with E-state index in [0.717, 1.165) is 53.9 Å². The average molecular weight is 346 g/mol. The fourth-order valence-electron chi connectivity index (χ4n) is 2.83. The fourth-order valence-corrected chi connectivity index (χ4v) is 2.83. The van der Waals surface area contributed by atoms with Gasteiger partial charge in [-0.2, -0.15) is 0 Å². The highest BCUT2D eigenvalue weighted by Crippen LogP contribution is 2.22. The van der Waals surface area contributed by atoms with Crippen molar-refractivity contribution < 1.29 is 8.94 Å². The Labute approximate surface area is 150 Å². The van der Waals surface area contributed by atoms with E-state index in [1.165, 1.54) is 0 Å². The normalized spacial score (nSPS) is 12.0. The van der Waals surface area contributed by atoms with Gasteiger partial charge in [0.15, 0.2) is 11.7 Å². The van der Waals surface area contributed by atoms with Gasteiger partial charge in [-0.3, -0.25) is 0 Å². The van der Waals surface area contributed by atoms with Crippen LogP contribution in [-0.4, -0.2) is 17.7 Å². The highest BCUT2D eigenvalue weighted by molar-refractivity contribution is 5.79. The Morgan fingerprint density at radius 2 is 1.92 bits per heavy atom. The van der Waals surface area contributed by atoms with Crippen LogP contribution in [0, 0.1) is 13.8 Å². The molecule has 0 saturated carbocycles. The summed E-state index contributed by atoms with van der Waals surface area (Å²) in [5, 5.41) is 10.7. The first-order valence-electron chi connectivity index (χ1n) is 9.10. The van der Waals surface area contributed by atoms with Gasteiger partial charge in [-0.15, -0.1) is 0 Å².